The van der Waals surface area contributed by atoms with E-state index in [9.17, 15) is 14.4 Å². The molecule has 1 aliphatic rings. The summed E-state index contributed by atoms with van der Waals surface area (Å²) in [7, 11) is 0. The summed E-state index contributed by atoms with van der Waals surface area (Å²) in [5.74, 6) is 0.563. The molecule has 6 heteroatoms. The Bertz CT molecular complexity index is 837. The van der Waals surface area contributed by atoms with E-state index in [4.69, 9.17) is 0 Å². The fourth-order valence-electron chi connectivity index (χ4n) is 3.19. The predicted octanol–water partition coefficient (Wildman–Crippen LogP) is 1.34. The van der Waals surface area contributed by atoms with Crippen LogP contribution in [0.4, 0.5) is 0 Å². The van der Waals surface area contributed by atoms with Gasteiger partial charge in [-0.1, -0.05) is 19.1 Å². The first-order valence-electron chi connectivity index (χ1n) is 8.06. The molecule has 2 heterocycles. The Morgan fingerprint density at radius 1 is 1.26 bits per heavy atom. The second-order valence-corrected chi connectivity index (χ2v) is 6.28. The first-order valence-corrected chi connectivity index (χ1v) is 8.06. The average Bonchev–Trinajstić information content (AvgIpc) is 2.56. The number of hydrogen-bond acceptors (Lipinski definition) is 3. The smallest absolute Gasteiger partial charge is 0.273 e. The minimum Gasteiger partial charge on any atom is -0.342 e. The molecule has 0 aliphatic carbocycles. The summed E-state index contributed by atoms with van der Waals surface area (Å²) in [5.41, 5.74) is -0.570. The number of aryl methyl sites for hydroxylation is 1. The van der Waals surface area contributed by atoms with Gasteiger partial charge in [-0.3, -0.25) is 19.5 Å². The zero-order chi connectivity index (χ0) is 16.4. The van der Waals surface area contributed by atoms with Crippen LogP contribution >= 0.6 is 0 Å². The number of hydrogen-bond donors (Lipinski definition) is 1. The normalized spacial score (nSPS) is 18.3. The van der Waals surface area contributed by atoms with Crippen molar-refractivity contribution < 1.29 is 4.79 Å². The van der Waals surface area contributed by atoms with E-state index in [0.717, 1.165) is 25.9 Å². The van der Waals surface area contributed by atoms with Crippen LogP contribution in [0.1, 0.15) is 26.2 Å². The van der Waals surface area contributed by atoms with Crippen molar-refractivity contribution in [3.8, 4) is 0 Å². The van der Waals surface area contributed by atoms with E-state index >= 15 is 0 Å². The zero-order valence-electron chi connectivity index (χ0n) is 13.2. The molecule has 1 atom stereocenters. The number of rotatable bonds is 3. The van der Waals surface area contributed by atoms with Crippen molar-refractivity contribution in [2.75, 3.05) is 13.1 Å². The highest BCUT2D eigenvalue weighted by atomic mass is 16.2. The lowest BCUT2D eigenvalue weighted by Gasteiger charge is -2.31. The summed E-state index contributed by atoms with van der Waals surface area (Å²) in [6.45, 7) is 3.90. The number of amides is 1. The maximum Gasteiger partial charge on any atom is 0.273 e. The van der Waals surface area contributed by atoms with E-state index in [0.29, 0.717) is 16.7 Å². The van der Waals surface area contributed by atoms with Crippen LogP contribution in [0.15, 0.2) is 33.9 Å². The number of likely N-dealkylation sites (tertiary alicyclic amines) is 1. The molecule has 1 aromatic carbocycles. The summed E-state index contributed by atoms with van der Waals surface area (Å²) >= 11 is 0. The van der Waals surface area contributed by atoms with Crippen molar-refractivity contribution in [2.45, 2.75) is 32.7 Å². The molecule has 23 heavy (non-hydrogen) atoms. The fraction of sp³-hybridized carbons (Fsp3) is 0.471. The predicted molar refractivity (Wildman–Crippen MR) is 88.4 cm³/mol. The largest absolute Gasteiger partial charge is 0.342 e. The molecule has 1 amide bonds. The van der Waals surface area contributed by atoms with E-state index < -0.39 is 0 Å². The van der Waals surface area contributed by atoms with Crippen molar-refractivity contribution >= 4 is 16.7 Å². The number of carbonyl (C=O) groups excluding carboxylic acids is 1. The van der Waals surface area contributed by atoms with Gasteiger partial charge in [0.15, 0.2) is 0 Å². The lowest BCUT2D eigenvalue weighted by molar-refractivity contribution is -0.133. The second-order valence-electron chi connectivity index (χ2n) is 6.28. The number of carbonyl (C=O) groups is 1. The maximum absolute atomic E-state index is 12.4. The van der Waals surface area contributed by atoms with Crippen molar-refractivity contribution in [1.29, 1.82) is 0 Å². The third-order valence-corrected chi connectivity index (χ3v) is 4.44. The van der Waals surface area contributed by atoms with Gasteiger partial charge in [0.1, 0.15) is 0 Å². The van der Waals surface area contributed by atoms with Gasteiger partial charge in [-0.05, 0) is 30.9 Å². The standard InChI is InChI=1S/C17H21N3O3/c1-12-5-4-9-19(11-12)15(21)8-10-20-17(23)14-7-3-2-6-13(14)16(22)18-20/h2-3,6-7,12H,4-5,8-11H2,1H3,(H,18,22). The van der Waals surface area contributed by atoms with Gasteiger partial charge in [-0.15, -0.1) is 0 Å². The number of aromatic nitrogens is 2. The fourth-order valence-corrected chi connectivity index (χ4v) is 3.19. The molecule has 1 N–H and O–H groups in total. The van der Waals surface area contributed by atoms with E-state index in [-0.39, 0.29) is 30.0 Å². The zero-order valence-corrected chi connectivity index (χ0v) is 13.2. The van der Waals surface area contributed by atoms with Crippen LogP contribution in [0, 0.1) is 5.92 Å². The van der Waals surface area contributed by atoms with Gasteiger partial charge >= 0.3 is 0 Å². The summed E-state index contributed by atoms with van der Waals surface area (Å²) in [4.78, 5) is 38.6. The molecule has 2 aromatic rings. The number of H-pyrrole nitrogens is 1. The molecule has 122 valence electrons. The molecule has 1 aliphatic heterocycles. The number of aromatic amines is 1. The average molecular weight is 315 g/mol. The summed E-state index contributed by atoms with van der Waals surface area (Å²) < 4.78 is 1.25. The molecule has 6 nitrogen and oxygen atoms in total. The quantitative estimate of drug-likeness (QED) is 0.928. The highest BCUT2D eigenvalue weighted by Crippen LogP contribution is 2.16. The Labute approximate surface area is 133 Å². The Morgan fingerprint density at radius 3 is 2.74 bits per heavy atom. The van der Waals surface area contributed by atoms with Crippen molar-refractivity contribution in [1.82, 2.24) is 14.7 Å². The third-order valence-electron chi connectivity index (χ3n) is 4.44. The molecule has 0 bridgehead atoms. The molecular weight excluding hydrogens is 294 g/mol. The molecule has 0 saturated carbocycles. The van der Waals surface area contributed by atoms with Gasteiger partial charge in [-0.25, -0.2) is 4.68 Å². The highest BCUT2D eigenvalue weighted by molar-refractivity contribution is 5.80. The van der Waals surface area contributed by atoms with E-state index in [1.54, 1.807) is 24.3 Å². The van der Waals surface area contributed by atoms with Gasteiger partial charge in [0.2, 0.25) is 5.91 Å². The van der Waals surface area contributed by atoms with Crippen LogP contribution in [-0.2, 0) is 11.3 Å². The number of fused-ring (bicyclic) bond motifs is 1. The first kappa shape index (κ1) is 15.5. The Hall–Kier alpha value is -2.37. The first-order chi connectivity index (χ1) is 11.1. The number of nitrogens with one attached hydrogen (secondary N) is 1. The highest BCUT2D eigenvalue weighted by Gasteiger charge is 2.20. The minimum atomic E-state index is -0.306. The summed E-state index contributed by atoms with van der Waals surface area (Å²) in [6.07, 6.45) is 2.40. The third kappa shape index (κ3) is 3.21. The Balaban J connectivity index is 1.77. The van der Waals surface area contributed by atoms with Crippen LogP contribution in [0.3, 0.4) is 0 Å². The molecule has 1 aromatic heterocycles. The van der Waals surface area contributed by atoms with Gasteiger partial charge < -0.3 is 4.90 Å². The monoisotopic (exact) mass is 315 g/mol. The summed E-state index contributed by atoms with van der Waals surface area (Å²) in [6, 6.07) is 6.72. The molecule has 1 saturated heterocycles. The molecular formula is C17H21N3O3. The Morgan fingerprint density at radius 2 is 2.00 bits per heavy atom. The van der Waals surface area contributed by atoms with Crippen LogP contribution < -0.4 is 11.1 Å². The second kappa shape index (κ2) is 6.40. The number of piperidine rings is 1. The maximum atomic E-state index is 12.4. The minimum absolute atomic E-state index is 0.0393. The van der Waals surface area contributed by atoms with Gasteiger partial charge in [0, 0.05) is 19.5 Å². The summed E-state index contributed by atoms with van der Waals surface area (Å²) in [5, 5.41) is 3.33. The van der Waals surface area contributed by atoms with Gasteiger partial charge in [-0.2, -0.15) is 0 Å². The molecule has 3 rings (SSSR count). The molecule has 1 unspecified atom stereocenters. The van der Waals surface area contributed by atoms with Crippen LogP contribution in [-0.4, -0.2) is 33.7 Å². The lowest BCUT2D eigenvalue weighted by Crippen LogP contribution is -2.40. The van der Waals surface area contributed by atoms with E-state index in [1.807, 2.05) is 4.90 Å². The van der Waals surface area contributed by atoms with Crippen molar-refractivity contribution in [3.63, 3.8) is 0 Å². The topological polar surface area (TPSA) is 75.2 Å². The van der Waals surface area contributed by atoms with Gasteiger partial charge in [0.25, 0.3) is 11.1 Å². The van der Waals surface area contributed by atoms with Crippen molar-refractivity contribution in [3.05, 3.63) is 45.0 Å². The molecule has 1 fully saturated rings. The Kier molecular flexibility index (Phi) is 4.32. The number of benzene rings is 1. The van der Waals surface area contributed by atoms with E-state index in [1.165, 1.54) is 4.68 Å². The number of nitrogens with zero attached hydrogens (tertiary/aromatic N) is 2. The lowest BCUT2D eigenvalue weighted by atomic mass is 10.00. The van der Waals surface area contributed by atoms with E-state index in [2.05, 4.69) is 12.0 Å². The van der Waals surface area contributed by atoms with Crippen LogP contribution in [0.5, 0.6) is 0 Å². The van der Waals surface area contributed by atoms with Crippen molar-refractivity contribution in [2.24, 2.45) is 5.92 Å². The van der Waals surface area contributed by atoms with Gasteiger partial charge in [0.05, 0.1) is 17.3 Å². The van der Waals surface area contributed by atoms with Crippen LogP contribution in [0.25, 0.3) is 10.8 Å². The molecule has 0 radical (unpaired) electrons. The molecule has 0 spiro atoms. The SMILES string of the molecule is CC1CCCN(C(=O)CCn2[nH]c(=O)c3ccccc3c2=O)C1. The van der Waals surface area contributed by atoms with Crippen LogP contribution in [0.2, 0.25) is 0 Å².